The number of aromatic amines is 1. The lowest BCUT2D eigenvalue weighted by Gasteiger charge is -2.29. The largest absolute Gasteiger partial charge is 0.480 e. The van der Waals surface area contributed by atoms with E-state index in [1.54, 1.807) is 18.2 Å². The van der Waals surface area contributed by atoms with Gasteiger partial charge in [0.2, 0.25) is 5.41 Å². The van der Waals surface area contributed by atoms with Crippen molar-refractivity contribution < 1.29 is 19.8 Å². The Balaban J connectivity index is 1.85. The molecule has 3 N–H and O–H groups in total. The summed E-state index contributed by atoms with van der Waals surface area (Å²) in [5.74, 6) is -2.75. The van der Waals surface area contributed by atoms with Crippen molar-refractivity contribution in [3.63, 3.8) is 0 Å². The number of fused-ring (bicyclic) bond motifs is 3. The fourth-order valence-corrected chi connectivity index (χ4v) is 4.20. The zero-order chi connectivity index (χ0) is 19.9. The van der Waals surface area contributed by atoms with Crippen LogP contribution in [0.1, 0.15) is 16.8 Å². The average Bonchev–Trinajstić information content (AvgIpc) is 2.93. The summed E-state index contributed by atoms with van der Waals surface area (Å²) >= 11 is 6.13. The minimum absolute atomic E-state index is 0.125. The first-order valence-electron chi connectivity index (χ1n) is 8.95. The number of aliphatic carboxylic acids is 2. The molecular weight excluding hydrogens is 380 g/mol. The van der Waals surface area contributed by atoms with E-state index in [4.69, 9.17) is 11.6 Å². The minimum atomic E-state index is -2.08. The highest BCUT2D eigenvalue weighted by Gasteiger charge is 2.53. The van der Waals surface area contributed by atoms with Gasteiger partial charge in [-0.05, 0) is 35.7 Å². The van der Waals surface area contributed by atoms with Crippen LogP contribution in [0.4, 0.5) is 0 Å². The van der Waals surface area contributed by atoms with Gasteiger partial charge in [0.1, 0.15) is 0 Å². The first-order chi connectivity index (χ1) is 13.4. The number of benzene rings is 2. The Bertz CT molecular complexity index is 1050. The van der Waals surface area contributed by atoms with E-state index in [1.807, 2.05) is 35.2 Å². The van der Waals surface area contributed by atoms with Crippen LogP contribution >= 0.6 is 11.6 Å². The molecule has 144 valence electrons. The molecular formula is C21H19ClN2O4. The number of carbonyl (C=O) groups is 2. The lowest BCUT2D eigenvalue weighted by atomic mass is 9.82. The van der Waals surface area contributed by atoms with Crippen molar-refractivity contribution in [1.82, 2.24) is 9.88 Å². The van der Waals surface area contributed by atoms with Crippen molar-refractivity contribution in [2.75, 3.05) is 13.1 Å². The number of halogens is 1. The van der Waals surface area contributed by atoms with E-state index in [-0.39, 0.29) is 12.2 Å². The Morgan fingerprint density at radius 3 is 2.50 bits per heavy atom. The summed E-state index contributed by atoms with van der Waals surface area (Å²) in [6.07, 6.45) is 0.533. The number of hydrogen-bond donors (Lipinski definition) is 3. The van der Waals surface area contributed by atoms with Gasteiger partial charge in [0, 0.05) is 41.3 Å². The van der Waals surface area contributed by atoms with Crippen LogP contribution in [0.5, 0.6) is 0 Å². The summed E-state index contributed by atoms with van der Waals surface area (Å²) in [7, 11) is 0. The number of carboxylic acid groups (broad SMARTS) is 2. The van der Waals surface area contributed by atoms with Crippen LogP contribution in [-0.4, -0.2) is 45.1 Å². The Morgan fingerprint density at radius 1 is 1.11 bits per heavy atom. The van der Waals surface area contributed by atoms with Gasteiger partial charge < -0.3 is 15.2 Å². The van der Waals surface area contributed by atoms with Crippen LogP contribution in [0.2, 0.25) is 5.02 Å². The van der Waals surface area contributed by atoms with Gasteiger partial charge in [-0.25, -0.2) is 0 Å². The number of hydrogen-bond acceptors (Lipinski definition) is 3. The molecule has 1 aromatic heterocycles. The Kier molecular flexibility index (Phi) is 4.61. The molecule has 2 heterocycles. The normalized spacial score (nSPS) is 16.5. The average molecular weight is 399 g/mol. The van der Waals surface area contributed by atoms with Crippen molar-refractivity contribution in [2.24, 2.45) is 0 Å². The zero-order valence-electron chi connectivity index (χ0n) is 15.0. The highest BCUT2D eigenvalue weighted by atomic mass is 35.5. The van der Waals surface area contributed by atoms with Crippen LogP contribution in [0.15, 0.2) is 48.5 Å². The molecule has 0 amide bonds. The third-order valence-corrected chi connectivity index (χ3v) is 5.65. The summed E-state index contributed by atoms with van der Waals surface area (Å²) in [6, 6.07) is 14.8. The van der Waals surface area contributed by atoms with Gasteiger partial charge >= 0.3 is 11.9 Å². The van der Waals surface area contributed by atoms with Gasteiger partial charge in [-0.3, -0.25) is 14.5 Å². The van der Waals surface area contributed by atoms with Crippen molar-refractivity contribution in [3.8, 4) is 0 Å². The summed E-state index contributed by atoms with van der Waals surface area (Å²) in [5, 5.41) is 21.4. The molecule has 0 saturated heterocycles. The second-order valence-electron chi connectivity index (χ2n) is 7.13. The molecule has 6 nitrogen and oxygen atoms in total. The SMILES string of the molecule is O=C(O)C1(C(=O)O)CN(Cc2ccccc2)CCc2c1[nH]c1ccc(Cl)cc21. The van der Waals surface area contributed by atoms with Gasteiger partial charge in [0.05, 0.1) is 0 Å². The molecule has 2 aromatic carbocycles. The van der Waals surface area contributed by atoms with Gasteiger partial charge in [-0.1, -0.05) is 41.9 Å². The Labute approximate surface area is 166 Å². The Morgan fingerprint density at radius 2 is 1.82 bits per heavy atom. The monoisotopic (exact) mass is 398 g/mol. The van der Waals surface area contributed by atoms with Crippen molar-refractivity contribution in [3.05, 3.63) is 70.4 Å². The lowest BCUT2D eigenvalue weighted by Crippen LogP contribution is -2.51. The number of nitrogens with zero attached hydrogens (tertiary/aromatic N) is 1. The van der Waals surface area contributed by atoms with E-state index in [0.717, 1.165) is 10.9 Å². The maximum absolute atomic E-state index is 12.3. The highest BCUT2D eigenvalue weighted by molar-refractivity contribution is 6.31. The van der Waals surface area contributed by atoms with Crippen molar-refractivity contribution in [2.45, 2.75) is 18.4 Å². The predicted octanol–water partition coefficient (Wildman–Crippen LogP) is 3.29. The summed E-state index contributed by atoms with van der Waals surface area (Å²) in [6.45, 7) is 0.899. The van der Waals surface area contributed by atoms with E-state index >= 15 is 0 Å². The first-order valence-corrected chi connectivity index (χ1v) is 9.33. The molecule has 0 unspecified atom stereocenters. The van der Waals surface area contributed by atoms with E-state index in [9.17, 15) is 19.8 Å². The second-order valence-corrected chi connectivity index (χ2v) is 7.57. The topological polar surface area (TPSA) is 93.6 Å². The third kappa shape index (κ3) is 2.95. The van der Waals surface area contributed by atoms with Gasteiger partial charge in [0.15, 0.2) is 0 Å². The summed E-state index contributed by atoms with van der Waals surface area (Å²) < 4.78 is 0. The Hall–Kier alpha value is -2.83. The lowest BCUT2D eigenvalue weighted by molar-refractivity contribution is -0.159. The fourth-order valence-electron chi connectivity index (χ4n) is 4.02. The molecule has 1 aliphatic rings. The van der Waals surface area contributed by atoms with E-state index < -0.39 is 17.4 Å². The molecule has 4 rings (SSSR count). The maximum atomic E-state index is 12.3. The van der Waals surface area contributed by atoms with Gasteiger partial charge in [-0.15, -0.1) is 0 Å². The van der Waals surface area contributed by atoms with E-state index in [2.05, 4.69) is 4.98 Å². The first kappa shape index (κ1) is 18.5. The third-order valence-electron chi connectivity index (χ3n) is 5.41. The van der Waals surface area contributed by atoms with E-state index in [1.165, 1.54) is 0 Å². The van der Waals surface area contributed by atoms with Crippen LogP contribution in [0.3, 0.4) is 0 Å². The second kappa shape index (κ2) is 6.96. The standard InChI is InChI=1S/C21H19ClN2O4/c22-14-6-7-17-16(10-14)15-8-9-24(11-13-4-2-1-3-5-13)12-21(19(25)26,20(27)28)18(15)23-17/h1-7,10,23H,8-9,11-12H2,(H,25,26)(H,27,28). The van der Waals surface area contributed by atoms with Gasteiger partial charge in [0.25, 0.3) is 0 Å². The molecule has 0 aliphatic carbocycles. The molecule has 0 spiro atoms. The summed E-state index contributed by atoms with van der Waals surface area (Å²) in [5.41, 5.74) is 0.563. The van der Waals surface area contributed by atoms with E-state index in [0.29, 0.717) is 35.6 Å². The minimum Gasteiger partial charge on any atom is -0.480 e. The highest BCUT2D eigenvalue weighted by Crippen LogP contribution is 2.37. The molecule has 0 radical (unpaired) electrons. The number of H-pyrrole nitrogens is 1. The van der Waals surface area contributed by atoms with Crippen molar-refractivity contribution in [1.29, 1.82) is 0 Å². The number of rotatable bonds is 4. The molecule has 0 saturated carbocycles. The number of aromatic nitrogens is 1. The molecule has 0 fully saturated rings. The number of nitrogens with one attached hydrogen (secondary N) is 1. The van der Waals surface area contributed by atoms with Gasteiger partial charge in [-0.2, -0.15) is 0 Å². The molecule has 0 bridgehead atoms. The molecule has 3 aromatic rings. The molecule has 0 atom stereocenters. The maximum Gasteiger partial charge on any atom is 0.328 e. The van der Waals surface area contributed by atoms with Crippen LogP contribution in [0.25, 0.3) is 10.9 Å². The summed E-state index contributed by atoms with van der Waals surface area (Å²) in [4.78, 5) is 29.6. The van der Waals surface area contributed by atoms with Crippen LogP contribution in [-0.2, 0) is 28.0 Å². The molecule has 28 heavy (non-hydrogen) atoms. The zero-order valence-corrected chi connectivity index (χ0v) is 15.7. The van der Waals surface area contributed by atoms with Crippen LogP contribution < -0.4 is 0 Å². The fraction of sp³-hybridized carbons (Fsp3) is 0.238. The molecule has 1 aliphatic heterocycles. The van der Waals surface area contributed by atoms with Crippen molar-refractivity contribution >= 4 is 34.4 Å². The quantitative estimate of drug-likeness (QED) is 0.586. The predicted molar refractivity (Wildman–Crippen MR) is 106 cm³/mol. The smallest absolute Gasteiger partial charge is 0.328 e. The molecule has 7 heteroatoms. The van der Waals surface area contributed by atoms with Crippen LogP contribution in [0, 0.1) is 0 Å². The number of carboxylic acids is 2.